The molecule has 8 heteroatoms. The molecule has 30 heavy (non-hydrogen) atoms. The second kappa shape index (κ2) is 10.7. The molecule has 0 saturated carbocycles. The molecule has 1 atom stereocenters. The fraction of sp³-hybridized carbons (Fsp3) is 0.364. The second-order valence-electron chi connectivity index (χ2n) is 7.28. The maximum absolute atomic E-state index is 12.3. The summed E-state index contributed by atoms with van der Waals surface area (Å²) < 4.78 is 5.60. The number of nitrogens with zero attached hydrogens (tertiary/aromatic N) is 1. The molecule has 0 radical (unpaired) electrons. The summed E-state index contributed by atoms with van der Waals surface area (Å²) in [7, 11) is 0. The van der Waals surface area contributed by atoms with Gasteiger partial charge in [0.05, 0.1) is 17.7 Å². The highest BCUT2D eigenvalue weighted by Gasteiger charge is 2.28. The van der Waals surface area contributed by atoms with Crippen LogP contribution in [0.15, 0.2) is 42.5 Å². The quantitative estimate of drug-likeness (QED) is 0.560. The lowest BCUT2D eigenvalue weighted by Gasteiger charge is -2.22. The van der Waals surface area contributed by atoms with Gasteiger partial charge in [0.2, 0.25) is 11.8 Å². The molecule has 0 aromatic heterocycles. The number of amides is 2. The minimum atomic E-state index is -0.279. The number of nitrogens with two attached hydrogens (primary N) is 1. The van der Waals surface area contributed by atoms with Crippen molar-refractivity contribution in [1.29, 1.82) is 0 Å². The van der Waals surface area contributed by atoms with E-state index < -0.39 is 0 Å². The lowest BCUT2D eigenvalue weighted by atomic mass is 10.1. The van der Waals surface area contributed by atoms with Gasteiger partial charge in [-0.15, -0.1) is 0 Å². The van der Waals surface area contributed by atoms with Gasteiger partial charge in [-0.25, -0.2) is 0 Å². The van der Waals surface area contributed by atoms with Crippen LogP contribution in [0, 0.1) is 0 Å². The van der Waals surface area contributed by atoms with E-state index in [0.717, 1.165) is 30.6 Å². The van der Waals surface area contributed by atoms with Gasteiger partial charge in [0.1, 0.15) is 10.8 Å². The Kier molecular flexibility index (Phi) is 7.96. The van der Waals surface area contributed by atoms with Crippen LogP contribution >= 0.6 is 23.2 Å². The number of carbonyl (C=O) groups excluding carboxylic acids is 2. The summed E-state index contributed by atoms with van der Waals surface area (Å²) in [6.45, 7) is 1.84. The third-order valence-corrected chi connectivity index (χ3v) is 5.81. The lowest BCUT2D eigenvalue weighted by Crippen LogP contribution is -2.39. The molecule has 3 rings (SSSR count). The van der Waals surface area contributed by atoms with Gasteiger partial charge in [0.15, 0.2) is 0 Å². The topological polar surface area (TPSA) is 84.7 Å². The van der Waals surface area contributed by atoms with Crippen LogP contribution in [-0.4, -0.2) is 35.9 Å². The Morgan fingerprint density at radius 1 is 1.20 bits per heavy atom. The number of nitrogens with one attached hydrogen (secondary N) is 1. The number of anilines is 1. The lowest BCUT2D eigenvalue weighted by molar-refractivity contribution is -0.122. The number of halogens is 2. The Morgan fingerprint density at radius 3 is 2.80 bits per heavy atom. The first kappa shape index (κ1) is 22.4. The Hall–Kier alpha value is -2.28. The highest BCUT2D eigenvalue weighted by molar-refractivity contribution is 6.42. The van der Waals surface area contributed by atoms with E-state index in [-0.39, 0.29) is 17.9 Å². The summed E-state index contributed by atoms with van der Waals surface area (Å²) in [5, 5.41) is 3.71. The van der Waals surface area contributed by atoms with Crippen LogP contribution in [0.1, 0.15) is 31.2 Å². The molecule has 1 unspecified atom stereocenters. The van der Waals surface area contributed by atoms with Gasteiger partial charge in [-0.2, -0.15) is 0 Å². The van der Waals surface area contributed by atoms with E-state index >= 15 is 0 Å². The van der Waals surface area contributed by atoms with Crippen molar-refractivity contribution in [2.24, 2.45) is 5.73 Å². The maximum Gasteiger partial charge on any atom is 0.234 e. The van der Waals surface area contributed by atoms with Crippen LogP contribution in [0.25, 0.3) is 0 Å². The molecular weight excluding hydrogens is 425 g/mol. The van der Waals surface area contributed by atoms with Crippen LogP contribution in [-0.2, 0) is 16.1 Å². The van der Waals surface area contributed by atoms with Crippen molar-refractivity contribution in [3.05, 3.63) is 58.1 Å². The zero-order valence-corrected chi connectivity index (χ0v) is 18.1. The first-order valence-corrected chi connectivity index (χ1v) is 10.7. The van der Waals surface area contributed by atoms with E-state index in [1.165, 1.54) is 0 Å². The Labute approximate surface area is 186 Å². The Bertz CT molecular complexity index is 907. The molecule has 6 nitrogen and oxygen atoms in total. The molecule has 1 saturated heterocycles. The van der Waals surface area contributed by atoms with Gasteiger partial charge >= 0.3 is 0 Å². The van der Waals surface area contributed by atoms with E-state index in [4.69, 9.17) is 33.7 Å². The number of likely N-dealkylation sites (tertiary alicyclic amines) is 1. The van der Waals surface area contributed by atoms with Gasteiger partial charge in [-0.1, -0.05) is 41.4 Å². The molecule has 1 aliphatic heterocycles. The smallest absolute Gasteiger partial charge is 0.234 e. The van der Waals surface area contributed by atoms with Crippen molar-refractivity contribution in [2.45, 2.75) is 38.3 Å². The molecule has 2 aromatic carbocycles. The highest BCUT2D eigenvalue weighted by Crippen LogP contribution is 2.31. The fourth-order valence-electron chi connectivity index (χ4n) is 3.55. The van der Waals surface area contributed by atoms with Crippen molar-refractivity contribution in [1.82, 2.24) is 4.90 Å². The summed E-state index contributed by atoms with van der Waals surface area (Å²) in [5.74, 6) is 0.135. The summed E-state index contributed by atoms with van der Waals surface area (Å²) in [6.07, 6.45) is 2.63. The third kappa shape index (κ3) is 6.11. The van der Waals surface area contributed by atoms with E-state index in [2.05, 4.69) is 10.2 Å². The second-order valence-corrected chi connectivity index (χ2v) is 8.07. The number of hydrogen-bond acceptors (Lipinski definition) is 4. The van der Waals surface area contributed by atoms with Gasteiger partial charge < -0.3 is 15.8 Å². The zero-order chi connectivity index (χ0) is 21.5. The average Bonchev–Trinajstić information content (AvgIpc) is 3.17. The number of benzene rings is 2. The highest BCUT2D eigenvalue weighted by atomic mass is 35.5. The zero-order valence-electron chi connectivity index (χ0n) is 16.6. The maximum atomic E-state index is 12.3. The van der Waals surface area contributed by atoms with Crippen molar-refractivity contribution in [2.75, 3.05) is 18.5 Å². The standard InChI is InChI=1S/C22H25Cl2N3O3/c23-17-7-2-9-19(21(17)24)30-12-4-10-20(28)26-16-6-1-5-15(13-16)14-27-11-3-8-18(27)22(25)29/h1-2,5-7,9,13,18H,3-4,8,10-12,14H2,(H2,25,29)(H,26,28). The van der Waals surface area contributed by atoms with Gasteiger partial charge in [-0.05, 0) is 55.6 Å². The number of carbonyl (C=O) groups is 2. The van der Waals surface area contributed by atoms with Gasteiger partial charge in [0.25, 0.3) is 0 Å². The fourth-order valence-corrected chi connectivity index (χ4v) is 3.90. The molecule has 1 fully saturated rings. The van der Waals surface area contributed by atoms with Crippen molar-refractivity contribution in [3.8, 4) is 5.75 Å². The van der Waals surface area contributed by atoms with Crippen molar-refractivity contribution >= 4 is 40.7 Å². The molecular formula is C22H25Cl2N3O3. The molecule has 1 heterocycles. The SMILES string of the molecule is NC(=O)C1CCCN1Cc1cccc(NC(=O)CCCOc2cccc(Cl)c2Cl)c1. The minimum absolute atomic E-state index is 0.0934. The third-order valence-electron chi connectivity index (χ3n) is 5.01. The van der Waals surface area contributed by atoms with Gasteiger partial charge in [-0.3, -0.25) is 14.5 Å². The molecule has 2 amide bonds. The summed E-state index contributed by atoms with van der Waals surface area (Å²) in [5.41, 5.74) is 7.24. The van der Waals surface area contributed by atoms with Crippen molar-refractivity contribution < 1.29 is 14.3 Å². The summed E-state index contributed by atoms with van der Waals surface area (Å²) >= 11 is 12.0. The van der Waals surface area contributed by atoms with Crippen LogP contribution in [0.3, 0.4) is 0 Å². The van der Waals surface area contributed by atoms with E-state index in [1.54, 1.807) is 18.2 Å². The first-order chi connectivity index (χ1) is 14.4. The van der Waals surface area contributed by atoms with Crippen molar-refractivity contribution in [3.63, 3.8) is 0 Å². The van der Waals surface area contributed by atoms with Crippen LogP contribution < -0.4 is 15.8 Å². The molecule has 0 spiro atoms. The predicted molar refractivity (Wildman–Crippen MR) is 119 cm³/mol. The summed E-state index contributed by atoms with van der Waals surface area (Å²) in [4.78, 5) is 25.9. The summed E-state index contributed by atoms with van der Waals surface area (Å²) in [6, 6.07) is 12.6. The van der Waals surface area contributed by atoms with E-state index in [1.807, 2.05) is 24.3 Å². The Morgan fingerprint density at radius 2 is 2.00 bits per heavy atom. The van der Waals surface area contributed by atoms with Crippen LogP contribution in [0.5, 0.6) is 5.75 Å². The molecule has 3 N–H and O–H groups in total. The number of ether oxygens (including phenoxy) is 1. The van der Waals surface area contributed by atoms with E-state index in [9.17, 15) is 9.59 Å². The largest absolute Gasteiger partial charge is 0.492 e. The van der Waals surface area contributed by atoms with Crippen LogP contribution in [0.4, 0.5) is 5.69 Å². The first-order valence-electron chi connectivity index (χ1n) is 9.93. The van der Waals surface area contributed by atoms with E-state index in [0.29, 0.717) is 41.8 Å². The predicted octanol–water partition coefficient (Wildman–Crippen LogP) is 4.24. The molecule has 160 valence electrons. The Balaban J connectivity index is 1.45. The molecule has 0 aliphatic carbocycles. The van der Waals surface area contributed by atoms with Gasteiger partial charge in [0, 0.05) is 18.7 Å². The number of rotatable bonds is 9. The normalized spacial score (nSPS) is 16.4. The van der Waals surface area contributed by atoms with Crippen LogP contribution in [0.2, 0.25) is 10.0 Å². The average molecular weight is 450 g/mol. The molecule has 2 aromatic rings. The number of primary amides is 1. The minimum Gasteiger partial charge on any atom is -0.492 e. The monoisotopic (exact) mass is 449 g/mol. The molecule has 0 bridgehead atoms. The molecule has 1 aliphatic rings. The number of hydrogen-bond donors (Lipinski definition) is 2.